The number of anilines is 5. The van der Waals surface area contributed by atoms with Crippen molar-refractivity contribution in [2.24, 2.45) is 0 Å². The molecule has 2 aliphatic rings. The predicted octanol–water partition coefficient (Wildman–Crippen LogP) is 5.73. The largest absolute Gasteiger partial charge is 0.497 e. The van der Waals surface area contributed by atoms with E-state index < -0.39 is 6.03 Å². The van der Waals surface area contributed by atoms with Crippen molar-refractivity contribution >= 4 is 51.7 Å². The molecule has 0 unspecified atom stereocenters. The van der Waals surface area contributed by atoms with Crippen molar-refractivity contribution in [3.05, 3.63) is 114 Å². The van der Waals surface area contributed by atoms with Gasteiger partial charge in [-0.3, -0.25) is 9.59 Å². The maximum Gasteiger partial charge on any atom is 0.323 e. The molecule has 45 heavy (non-hydrogen) atoms. The fourth-order valence-electron chi connectivity index (χ4n) is 5.34. The van der Waals surface area contributed by atoms with Gasteiger partial charge in [0.05, 0.1) is 12.7 Å². The smallest absolute Gasteiger partial charge is 0.323 e. The van der Waals surface area contributed by atoms with Crippen LogP contribution in [0, 0.1) is 0 Å². The number of amides is 3. The van der Waals surface area contributed by atoms with Crippen LogP contribution in [0.2, 0.25) is 0 Å². The Kier molecular flexibility index (Phi) is 8.47. The Morgan fingerprint density at radius 1 is 0.800 bits per heavy atom. The van der Waals surface area contributed by atoms with Gasteiger partial charge in [0.1, 0.15) is 5.75 Å². The molecular formula is C35H34N6O4. The van der Waals surface area contributed by atoms with Gasteiger partial charge >= 0.3 is 6.03 Å². The molecule has 2 aliphatic heterocycles. The number of piperazine rings is 1. The topological polar surface area (TPSA) is 115 Å². The molecule has 2 heterocycles. The van der Waals surface area contributed by atoms with E-state index in [2.05, 4.69) is 50.2 Å². The van der Waals surface area contributed by atoms with Gasteiger partial charge in [0, 0.05) is 77.5 Å². The first-order valence-corrected chi connectivity index (χ1v) is 14.7. The van der Waals surface area contributed by atoms with Crippen LogP contribution in [0.1, 0.15) is 21.5 Å². The zero-order chi connectivity index (χ0) is 31.3. The maximum absolute atomic E-state index is 13.4. The van der Waals surface area contributed by atoms with Gasteiger partial charge in [0.25, 0.3) is 5.91 Å². The minimum absolute atomic E-state index is 0.234. The van der Waals surface area contributed by atoms with Gasteiger partial charge in [-0.15, -0.1) is 0 Å². The minimum atomic E-state index is -0.441. The molecule has 0 atom stereocenters. The normalized spacial score (nSPS) is 15.3. The van der Waals surface area contributed by atoms with Gasteiger partial charge < -0.3 is 35.8 Å². The van der Waals surface area contributed by atoms with Crippen molar-refractivity contribution < 1.29 is 19.1 Å². The van der Waals surface area contributed by atoms with Crippen molar-refractivity contribution in [3.8, 4) is 5.75 Å². The Bertz CT molecular complexity index is 1760. The van der Waals surface area contributed by atoms with E-state index in [-0.39, 0.29) is 11.7 Å². The number of methoxy groups -OCH3 is 1. The number of fused-ring (bicyclic) bond motifs is 1. The highest BCUT2D eigenvalue weighted by molar-refractivity contribution is 6.32. The summed E-state index contributed by atoms with van der Waals surface area (Å²) < 4.78 is 5.14. The van der Waals surface area contributed by atoms with Gasteiger partial charge in [-0.2, -0.15) is 0 Å². The van der Waals surface area contributed by atoms with E-state index in [9.17, 15) is 14.4 Å². The van der Waals surface area contributed by atoms with E-state index in [1.54, 1.807) is 80.0 Å². The second-order valence-electron chi connectivity index (χ2n) is 11.0. The number of nitrogens with one attached hydrogen (secondary N) is 4. The molecule has 10 heteroatoms. The van der Waals surface area contributed by atoms with E-state index in [1.807, 2.05) is 12.1 Å². The lowest BCUT2D eigenvalue weighted by Crippen LogP contribution is -2.44. The number of ketones is 1. The van der Waals surface area contributed by atoms with Crippen LogP contribution in [-0.4, -0.2) is 63.0 Å². The molecule has 0 aliphatic carbocycles. The maximum atomic E-state index is 13.4. The number of hydrogen-bond acceptors (Lipinski definition) is 7. The molecule has 0 aromatic heterocycles. The Balaban J connectivity index is 1.10. The monoisotopic (exact) mass is 602 g/mol. The number of nitrogens with zero attached hydrogens (tertiary/aromatic N) is 2. The zero-order valence-corrected chi connectivity index (χ0v) is 25.1. The molecule has 4 aromatic carbocycles. The van der Waals surface area contributed by atoms with Crippen LogP contribution < -0.4 is 30.9 Å². The van der Waals surface area contributed by atoms with Crippen LogP contribution in [0.4, 0.5) is 33.2 Å². The standard InChI is InChI=1S/C35H34N6O4/c1-40-16-18-41(19-17-40)28-11-7-25(8-12-28)36-22-31-30-15-6-24(21-32(30)39-34(31)43)33(42)23-4-3-5-27(20-23)38-35(44)37-26-9-13-29(45-2)14-10-26/h3-15,20-22,36H,16-19H2,1-2H3,(H,39,43)(H2,37,38,44)/b31-22+. The number of carbonyl (C=O) groups excluding carboxylic acids is 3. The van der Waals surface area contributed by atoms with Crippen LogP contribution in [0.5, 0.6) is 5.75 Å². The third kappa shape index (κ3) is 6.81. The summed E-state index contributed by atoms with van der Waals surface area (Å²) >= 11 is 0. The van der Waals surface area contributed by atoms with Crippen molar-refractivity contribution in [2.75, 3.05) is 66.5 Å². The molecule has 0 saturated carbocycles. The summed E-state index contributed by atoms with van der Waals surface area (Å²) in [6.07, 6.45) is 1.69. The van der Waals surface area contributed by atoms with Crippen molar-refractivity contribution in [1.82, 2.24) is 4.90 Å². The average Bonchev–Trinajstić information content (AvgIpc) is 3.38. The molecule has 0 radical (unpaired) electrons. The number of benzene rings is 4. The van der Waals surface area contributed by atoms with Crippen LogP contribution in [0.25, 0.3) is 5.57 Å². The quantitative estimate of drug-likeness (QED) is 0.151. The summed E-state index contributed by atoms with van der Waals surface area (Å²) in [5.74, 6) is 0.206. The zero-order valence-electron chi connectivity index (χ0n) is 25.1. The van der Waals surface area contributed by atoms with Crippen molar-refractivity contribution in [1.29, 1.82) is 0 Å². The van der Waals surface area contributed by atoms with Gasteiger partial charge in [0.15, 0.2) is 5.78 Å². The fraction of sp³-hybridized carbons (Fsp3) is 0.171. The Morgan fingerprint density at radius 3 is 2.22 bits per heavy atom. The van der Waals surface area contributed by atoms with E-state index in [0.29, 0.717) is 45.1 Å². The number of carbonyl (C=O) groups is 3. The fourth-order valence-corrected chi connectivity index (χ4v) is 5.34. The summed E-state index contributed by atoms with van der Waals surface area (Å²) in [4.78, 5) is 43.4. The van der Waals surface area contributed by atoms with E-state index in [0.717, 1.165) is 31.9 Å². The first kappa shape index (κ1) is 29.5. The highest BCUT2D eigenvalue weighted by Gasteiger charge is 2.25. The third-order valence-electron chi connectivity index (χ3n) is 7.91. The summed E-state index contributed by atoms with van der Waals surface area (Å²) in [5.41, 5.74) is 5.71. The molecule has 1 fully saturated rings. The number of hydrogen-bond donors (Lipinski definition) is 4. The minimum Gasteiger partial charge on any atom is -0.497 e. The van der Waals surface area contributed by atoms with Crippen molar-refractivity contribution in [2.45, 2.75) is 0 Å². The molecule has 0 spiro atoms. The second-order valence-corrected chi connectivity index (χ2v) is 11.0. The van der Waals surface area contributed by atoms with E-state index in [4.69, 9.17) is 4.74 Å². The van der Waals surface area contributed by atoms with Gasteiger partial charge in [0.2, 0.25) is 0 Å². The summed E-state index contributed by atoms with van der Waals surface area (Å²) in [6.45, 7) is 4.09. The average molecular weight is 603 g/mol. The van der Waals surface area contributed by atoms with Crippen LogP contribution in [-0.2, 0) is 4.79 Å². The highest BCUT2D eigenvalue weighted by Crippen LogP contribution is 2.33. The van der Waals surface area contributed by atoms with Gasteiger partial charge in [-0.25, -0.2) is 4.79 Å². The molecule has 1 saturated heterocycles. The molecule has 10 nitrogen and oxygen atoms in total. The molecule has 4 aromatic rings. The Morgan fingerprint density at radius 2 is 1.49 bits per heavy atom. The number of likely N-dealkylation sites (N-methyl/N-ethyl adjacent to an activating group) is 1. The first-order valence-electron chi connectivity index (χ1n) is 14.7. The molecular weight excluding hydrogens is 568 g/mol. The first-order chi connectivity index (χ1) is 21.9. The second kappa shape index (κ2) is 12.9. The van der Waals surface area contributed by atoms with Gasteiger partial charge in [-0.1, -0.05) is 24.3 Å². The number of ether oxygens (including phenoxy) is 1. The SMILES string of the molecule is COc1ccc(NC(=O)Nc2cccc(C(=O)c3ccc4c(c3)NC(=O)/C4=C/Nc3ccc(N4CCN(C)CC4)cc3)c2)cc1. The molecule has 3 amide bonds. The lowest BCUT2D eigenvalue weighted by molar-refractivity contribution is -0.110. The molecule has 6 rings (SSSR count). The van der Waals surface area contributed by atoms with E-state index in [1.165, 1.54) is 5.69 Å². The molecule has 4 N–H and O–H groups in total. The van der Waals surface area contributed by atoms with Crippen LogP contribution >= 0.6 is 0 Å². The van der Waals surface area contributed by atoms with Crippen LogP contribution in [0.15, 0.2) is 97.2 Å². The Hall–Kier alpha value is -5.61. The highest BCUT2D eigenvalue weighted by atomic mass is 16.5. The van der Waals surface area contributed by atoms with Crippen LogP contribution in [0.3, 0.4) is 0 Å². The molecule has 228 valence electrons. The van der Waals surface area contributed by atoms with Gasteiger partial charge in [-0.05, 0) is 73.8 Å². The lowest BCUT2D eigenvalue weighted by atomic mass is 9.99. The summed E-state index contributed by atoms with van der Waals surface area (Å²) in [5, 5.41) is 11.6. The summed E-state index contributed by atoms with van der Waals surface area (Å²) in [6, 6.07) is 26.6. The lowest BCUT2D eigenvalue weighted by Gasteiger charge is -2.34. The predicted molar refractivity (Wildman–Crippen MR) is 178 cm³/mol. The van der Waals surface area contributed by atoms with Crippen molar-refractivity contribution in [3.63, 3.8) is 0 Å². The number of rotatable bonds is 8. The Labute approximate surface area is 261 Å². The third-order valence-corrected chi connectivity index (χ3v) is 7.91. The molecule has 0 bridgehead atoms. The number of urea groups is 1. The van der Waals surface area contributed by atoms with E-state index >= 15 is 0 Å². The summed E-state index contributed by atoms with van der Waals surface area (Å²) in [7, 11) is 3.71.